The maximum absolute atomic E-state index is 12.9. The molecular weight excluding hydrogens is 608 g/mol. The molecule has 2 unspecified atom stereocenters. The van der Waals surface area contributed by atoms with Gasteiger partial charge in [-0.05, 0) is 72.4 Å². The van der Waals surface area contributed by atoms with Crippen LogP contribution in [0, 0.1) is 0 Å². The third-order valence-corrected chi connectivity index (χ3v) is 9.95. The molecule has 0 fully saturated rings. The number of aromatic nitrogens is 4. The third kappa shape index (κ3) is 4.92. The topological polar surface area (TPSA) is 74.6 Å². The summed E-state index contributed by atoms with van der Waals surface area (Å²) in [6.07, 6.45) is 2.11. The van der Waals surface area contributed by atoms with Crippen molar-refractivity contribution in [3.8, 4) is 5.75 Å². The first kappa shape index (κ1) is 29.2. The average Bonchev–Trinajstić information content (AvgIpc) is 3.70. The highest BCUT2D eigenvalue weighted by atomic mass is 16.5. The Morgan fingerprint density at radius 2 is 1.45 bits per heavy atom. The molecule has 0 saturated heterocycles. The fourth-order valence-electron chi connectivity index (χ4n) is 7.42. The highest BCUT2D eigenvalue weighted by Crippen LogP contribution is 2.37. The summed E-state index contributed by atoms with van der Waals surface area (Å²) in [4.78, 5) is 21.9. The van der Waals surface area contributed by atoms with Gasteiger partial charge in [0.15, 0.2) is 5.65 Å². The van der Waals surface area contributed by atoms with Crippen LogP contribution in [-0.4, -0.2) is 18.9 Å². The molecule has 240 valence electrons. The van der Waals surface area contributed by atoms with Gasteiger partial charge in [0.2, 0.25) is 5.71 Å². The molecule has 0 bridgehead atoms. The normalized spacial score (nSPS) is 13.3. The first-order valence-electron chi connectivity index (χ1n) is 16.9. The Morgan fingerprint density at radius 1 is 0.755 bits per heavy atom. The number of ether oxygens (including phenoxy) is 1. The maximum atomic E-state index is 12.9. The van der Waals surface area contributed by atoms with Gasteiger partial charge in [-0.15, -0.1) is 0 Å². The van der Waals surface area contributed by atoms with Gasteiger partial charge in [-0.1, -0.05) is 86.6 Å². The van der Waals surface area contributed by atoms with Crippen LogP contribution in [0.25, 0.3) is 60.6 Å². The summed E-state index contributed by atoms with van der Waals surface area (Å²) in [5, 5.41) is 4.20. The minimum Gasteiger partial charge on any atom is -0.489 e. The van der Waals surface area contributed by atoms with E-state index in [-0.39, 0.29) is 5.71 Å². The molecule has 0 aliphatic heterocycles. The Kier molecular flexibility index (Phi) is 6.93. The highest BCUT2D eigenvalue weighted by Gasteiger charge is 2.20. The van der Waals surface area contributed by atoms with Gasteiger partial charge < -0.3 is 13.7 Å². The lowest BCUT2D eigenvalue weighted by molar-refractivity contribution is 0.306. The van der Waals surface area contributed by atoms with E-state index in [1.165, 1.54) is 31.8 Å². The quantitative estimate of drug-likeness (QED) is 0.154. The SMILES string of the molecule is CCC(CC(C)c1ccc(COc2ccc3cc4c(nc(=O)n5c6ccccc6nc45)oc3c2)cc1)n1c2ccccc2c2ccccc21. The van der Waals surface area contributed by atoms with E-state index in [1.54, 1.807) is 0 Å². The Morgan fingerprint density at radius 3 is 2.18 bits per heavy atom. The summed E-state index contributed by atoms with van der Waals surface area (Å²) in [6, 6.07) is 42.0. The molecule has 4 aromatic heterocycles. The number of hydrogen-bond donors (Lipinski definition) is 0. The van der Waals surface area contributed by atoms with Gasteiger partial charge in [-0.2, -0.15) is 4.98 Å². The van der Waals surface area contributed by atoms with Crippen molar-refractivity contribution >= 4 is 60.6 Å². The van der Waals surface area contributed by atoms with Crippen molar-refractivity contribution in [2.45, 2.75) is 45.3 Å². The van der Waals surface area contributed by atoms with Crippen molar-refractivity contribution in [2.24, 2.45) is 0 Å². The molecule has 0 radical (unpaired) electrons. The van der Waals surface area contributed by atoms with Gasteiger partial charge >= 0.3 is 5.69 Å². The smallest absolute Gasteiger partial charge is 0.357 e. The Balaban J connectivity index is 0.927. The number of fused-ring (bicyclic) bond motifs is 9. The van der Waals surface area contributed by atoms with Gasteiger partial charge in [0.1, 0.15) is 17.9 Å². The first-order chi connectivity index (χ1) is 24.1. The molecule has 9 rings (SSSR count). The van der Waals surface area contributed by atoms with Crippen LogP contribution in [0.4, 0.5) is 0 Å². The molecule has 7 nitrogen and oxygen atoms in total. The number of para-hydroxylation sites is 4. The molecule has 49 heavy (non-hydrogen) atoms. The maximum Gasteiger partial charge on any atom is 0.357 e. The second-order valence-corrected chi connectivity index (χ2v) is 13.0. The average molecular weight is 643 g/mol. The van der Waals surface area contributed by atoms with Crippen molar-refractivity contribution < 1.29 is 9.15 Å². The van der Waals surface area contributed by atoms with Crippen LogP contribution >= 0.6 is 0 Å². The summed E-state index contributed by atoms with van der Waals surface area (Å²) in [6.45, 7) is 5.05. The summed E-state index contributed by atoms with van der Waals surface area (Å²) < 4.78 is 16.4. The molecule has 0 aliphatic carbocycles. The zero-order valence-corrected chi connectivity index (χ0v) is 27.3. The predicted octanol–water partition coefficient (Wildman–Crippen LogP) is 9.97. The Bertz CT molecular complexity index is 2690. The van der Waals surface area contributed by atoms with Gasteiger partial charge in [0, 0.05) is 39.3 Å². The van der Waals surface area contributed by atoms with E-state index in [0.29, 0.717) is 40.9 Å². The lowest BCUT2D eigenvalue weighted by Gasteiger charge is -2.24. The molecule has 4 heterocycles. The van der Waals surface area contributed by atoms with Crippen LogP contribution in [0.3, 0.4) is 0 Å². The van der Waals surface area contributed by atoms with Crippen molar-refractivity contribution in [3.05, 3.63) is 143 Å². The lowest BCUT2D eigenvalue weighted by Crippen LogP contribution is -2.15. The summed E-state index contributed by atoms with van der Waals surface area (Å²) in [7, 11) is 0. The van der Waals surface area contributed by atoms with Crippen LogP contribution in [0.15, 0.2) is 131 Å². The second kappa shape index (κ2) is 11.6. The fourth-order valence-corrected chi connectivity index (χ4v) is 7.42. The van der Waals surface area contributed by atoms with E-state index in [2.05, 4.69) is 96.2 Å². The standard InChI is InChI=1S/C42H34N4O3/c1-3-30(45-36-13-7-4-10-32(36)33-11-5-8-14-37(33)45)22-26(2)28-18-16-27(17-19-28)25-48-31-21-20-29-23-34-40-43-35-12-6-9-15-38(35)46(40)42(47)44-41(34)49-39(29)24-31/h4-21,23-24,26,30H,3,22,25H2,1-2H3. The van der Waals surface area contributed by atoms with Crippen LogP contribution in [0.1, 0.15) is 49.8 Å². The van der Waals surface area contributed by atoms with E-state index in [1.807, 2.05) is 48.5 Å². The van der Waals surface area contributed by atoms with Crippen molar-refractivity contribution in [1.29, 1.82) is 0 Å². The minimum atomic E-state index is -0.415. The van der Waals surface area contributed by atoms with Gasteiger partial charge in [0.25, 0.3) is 0 Å². The molecule has 9 aromatic rings. The van der Waals surface area contributed by atoms with Crippen molar-refractivity contribution in [3.63, 3.8) is 0 Å². The molecule has 0 N–H and O–H groups in total. The molecule has 0 spiro atoms. The monoisotopic (exact) mass is 642 g/mol. The molecule has 5 aromatic carbocycles. The number of benzene rings is 5. The van der Waals surface area contributed by atoms with E-state index in [9.17, 15) is 4.79 Å². The van der Waals surface area contributed by atoms with Crippen molar-refractivity contribution in [2.75, 3.05) is 0 Å². The number of imidazole rings is 1. The lowest BCUT2D eigenvalue weighted by atomic mass is 9.92. The number of nitrogens with zero attached hydrogens (tertiary/aromatic N) is 4. The fraction of sp³-hybridized carbons (Fsp3) is 0.167. The van der Waals surface area contributed by atoms with Crippen LogP contribution < -0.4 is 10.4 Å². The first-order valence-corrected chi connectivity index (χ1v) is 16.9. The summed E-state index contributed by atoms with van der Waals surface area (Å²) in [5.41, 5.74) is 7.47. The van der Waals surface area contributed by atoms with Crippen LogP contribution in [0.2, 0.25) is 0 Å². The zero-order chi connectivity index (χ0) is 33.1. The molecule has 0 amide bonds. The second-order valence-electron chi connectivity index (χ2n) is 13.0. The predicted molar refractivity (Wildman–Crippen MR) is 197 cm³/mol. The van der Waals surface area contributed by atoms with Gasteiger partial charge in [-0.3, -0.25) is 0 Å². The summed E-state index contributed by atoms with van der Waals surface area (Å²) in [5.74, 6) is 1.07. The van der Waals surface area contributed by atoms with E-state index in [4.69, 9.17) is 14.1 Å². The highest BCUT2D eigenvalue weighted by molar-refractivity contribution is 6.08. The summed E-state index contributed by atoms with van der Waals surface area (Å²) >= 11 is 0. The Labute approximate surface area is 282 Å². The largest absolute Gasteiger partial charge is 0.489 e. The number of rotatable bonds is 8. The van der Waals surface area contributed by atoms with E-state index < -0.39 is 5.69 Å². The van der Waals surface area contributed by atoms with Gasteiger partial charge in [0.05, 0.1) is 16.4 Å². The molecule has 2 atom stereocenters. The van der Waals surface area contributed by atoms with E-state index >= 15 is 0 Å². The van der Waals surface area contributed by atoms with Crippen molar-refractivity contribution in [1.82, 2.24) is 18.9 Å². The minimum absolute atomic E-state index is 0.255. The third-order valence-electron chi connectivity index (χ3n) is 9.95. The van der Waals surface area contributed by atoms with Crippen LogP contribution in [-0.2, 0) is 6.61 Å². The molecular formula is C42H34N4O3. The van der Waals surface area contributed by atoms with E-state index in [0.717, 1.165) is 34.8 Å². The zero-order valence-electron chi connectivity index (χ0n) is 27.3. The number of hydrogen-bond acceptors (Lipinski definition) is 5. The Hall–Kier alpha value is -5.95. The molecule has 0 aliphatic rings. The van der Waals surface area contributed by atoms with Crippen LogP contribution in [0.5, 0.6) is 5.75 Å². The molecule has 7 heteroatoms. The molecule has 0 saturated carbocycles. The van der Waals surface area contributed by atoms with Gasteiger partial charge in [-0.25, -0.2) is 14.2 Å².